The van der Waals surface area contributed by atoms with Gasteiger partial charge in [-0.2, -0.15) is 0 Å². The number of carbonyl (C=O) groups is 1. The predicted octanol–water partition coefficient (Wildman–Crippen LogP) is 3.53. The first-order chi connectivity index (χ1) is 8.52. The van der Waals surface area contributed by atoms with Crippen LogP contribution in [0.25, 0.3) is 0 Å². The van der Waals surface area contributed by atoms with E-state index in [4.69, 9.17) is 5.11 Å². The summed E-state index contributed by atoms with van der Waals surface area (Å²) < 4.78 is 0. The van der Waals surface area contributed by atoms with E-state index in [1.165, 1.54) is 17.3 Å². The summed E-state index contributed by atoms with van der Waals surface area (Å²) in [5.74, 6) is 1.29. The summed E-state index contributed by atoms with van der Waals surface area (Å²) in [6, 6.07) is 8.05. The van der Waals surface area contributed by atoms with E-state index in [0.717, 1.165) is 11.4 Å². The summed E-state index contributed by atoms with van der Waals surface area (Å²) in [6.07, 6.45) is -1.02. The Hall–Kier alpha value is -1.36. The second kappa shape index (κ2) is 7.16. The number of hydrogen-bond donors (Lipinski definition) is 3. The topological polar surface area (TPSA) is 61.4 Å². The first-order valence-corrected chi connectivity index (χ1v) is 7.05. The van der Waals surface area contributed by atoms with Gasteiger partial charge in [0.05, 0.1) is 0 Å². The summed E-state index contributed by atoms with van der Waals surface area (Å²) in [5.41, 5.74) is 1.84. The largest absolute Gasteiger partial charge is 0.465 e. The van der Waals surface area contributed by atoms with Gasteiger partial charge in [-0.1, -0.05) is 32.9 Å². The van der Waals surface area contributed by atoms with Gasteiger partial charge < -0.3 is 10.4 Å². The van der Waals surface area contributed by atoms with Crippen molar-refractivity contribution in [3.05, 3.63) is 29.8 Å². The summed E-state index contributed by atoms with van der Waals surface area (Å²) in [6.45, 7) is 6.26. The minimum absolute atomic E-state index is 0.324. The first kappa shape index (κ1) is 14.7. The van der Waals surface area contributed by atoms with Crippen LogP contribution in [-0.4, -0.2) is 22.5 Å². The van der Waals surface area contributed by atoms with Crippen molar-refractivity contribution in [1.29, 1.82) is 0 Å². The molecule has 0 fully saturated rings. The third-order valence-electron chi connectivity index (χ3n) is 2.44. The molecule has 1 aromatic carbocycles. The Labute approximate surface area is 112 Å². The fraction of sp³-hybridized carbons (Fsp3) is 0.462. The molecule has 0 aliphatic carbocycles. The third-order valence-corrected chi connectivity index (χ3v) is 3.34. The smallest absolute Gasteiger partial charge is 0.406 e. The highest BCUT2D eigenvalue weighted by Crippen LogP contribution is 2.20. The minimum atomic E-state index is -1.02. The molecule has 100 valence electrons. The van der Waals surface area contributed by atoms with Crippen LogP contribution in [0.4, 0.5) is 10.5 Å². The molecule has 1 rings (SSSR count). The molecule has 0 aliphatic rings. The molecular formula is C13H20N2O2S. The lowest BCUT2D eigenvalue weighted by atomic mass is 10.0. The van der Waals surface area contributed by atoms with Gasteiger partial charge in [0.25, 0.3) is 0 Å². The monoisotopic (exact) mass is 268 g/mol. The molecule has 1 amide bonds. The second-order valence-electron chi connectivity index (χ2n) is 4.21. The Kier molecular flexibility index (Phi) is 5.85. The third kappa shape index (κ3) is 4.87. The molecule has 0 saturated carbocycles. The lowest BCUT2D eigenvalue weighted by molar-refractivity contribution is 0.194. The standard InChI is InChI=1S/C13H20N2O2S/c1-4-18-12(15-13(16)17)14-11-7-5-6-10(8-11)9(2)3/h5-9,12,14-15H,4H2,1-3H3,(H,16,17). The molecule has 0 aliphatic heterocycles. The Morgan fingerprint density at radius 1 is 1.44 bits per heavy atom. The van der Waals surface area contributed by atoms with Crippen molar-refractivity contribution in [1.82, 2.24) is 5.32 Å². The molecule has 0 aromatic heterocycles. The number of rotatable bonds is 6. The average Bonchev–Trinajstić information content (AvgIpc) is 2.28. The molecular weight excluding hydrogens is 248 g/mol. The van der Waals surface area contributed by atoms with E-state index in [-0.39, 0.29) is 5.50 Å². The Balaban J connectivity index is 2.73. The minimum Gasteiger partial charge on any atom is -0.465 e. The van der Waals surface area contributed by atoms with Gasteiger partial charge in [-0.15, -0.1) is 11.8 Å². The predicted molar refractivity (Wildman–Crippen MR) is 77.2 cm³/mol. The molecule has 0 radical (unpaired) electrons. The van der Waals surface area contributed by atoms with Crippen molar-refractivity contribution in [3.8, 4) is 0 Å². The van der Waals surface area contributed by atoms with Crippen molar-refractivity contribution in [2.45, 2.75) is 32.2 Å². The zero-order chi connectivity index (χ0) is 13.5. The molecule has 0 bridgehead atoms. The van der Waals surface area contributed by atoms with E-state index in [1.54, 1.807) is 0 Å². The molecule has 4 nitrogen and oxygen atoms in total. The SMILES string of the molecule is CCSC(NC(=O)O)Nc1cccc(C(C)C)c1. The van der Waals surface area contributed by atoms with Crippen LogP contribution in [-0.2, 0) is 0 Å². The molecule has 1 atom stereocenters. The van der Waals surface area contributed by atoms with E-state index < -0.39 is 6.09 Å². The van der Waals surface area contributed by atoms with Gasteiger partial charge in [-0.3, -0.25) is 5.32 Å². The summed E-state index contributed by atoms with van der Waals surface area (Å²) >= 11 is 1.51. The van der Waals surface area contributed by atoms with Gasteiger partial charge in [-0.05, 0) is 29.4 Å². The van der Waals surface area contributed by atoms with Gasteiger partial charge in [0, 0.05) is 5.69 Å². The zero-order valence-corrected chi connectivity index (χ0v) is 11.8. The van der Waals surface area contributed by atoms with E-state index in [2.05, 4.69) is 36.6 Å². The Morgan fingerprint density at radius 2 is 2.17 bits per heavy atom. The van der Waals surface area contributed by atoms with Gasteiger partial charge in [-0.25, -0.2) is 4.79 Å². The van der Waals surface area contributed by atoms with Gasteiger partial charge in [0.15, 0.2) is 5.50 Å². The van der Waals surface area contributed by atoms with Crippen molar-refractivity contribution in [2.75, 3.05) is 11.1 Å². The number of carboxylic acid groups (broad SMARTS) is 1. The lowest BCUT2D eigenvalue weighted by Gasteiger charge is -2.19. The molecule has 5 heteroatoms. The van der Waals surface area contributed by atoms with Crippen LogP contribution >= 0.6 is 11.8 Å². The molecule has 0 spiro atoms. The van der Waals surface area contributed by atoms with Crippen LogP contribution in [0, 0.1) is 0 Å². The van der Waals surface area contributed by atoms with Crippen LogP contribution in [0.5, 0.6) is 0 Å². The maximum Gasteiger partial charge on any atom is 0.406 e. The van der Waals surface area contributed by atoms with Crippen LogP contribution in [0.1, 0.15) is 32.3 Å². The number of anilines is 1. The van der Waals surface area contributed by atoms with Crippen LogP contribution in [0.3, 0.4) is 0 Å². The van der Waals surface area contributed by atoms with E-state index in [0.29, 0.717) is 5.92 Å². The van der Waals surface area contributed by atoms with Gasteiger partial charge in [0.2, 0.25) is 0 Å². The van der Waals surface area contributed by atoms with Crippen LogP contribution in [0.2, 0.25) is 0 Å². The Bertz CT molecular complexity index is 396. The summed E-state index contributed by atoms with van der Waals surface area (Å²) in [5, 5.41) is 14.4. The second-order valence-corrected chi connectivity index (χ2v) is 5.59. The fourth-order valence-electron chi connectivity index (χ4n) is 1.54. The van der Waals surface area contributed by atoms with E-state index in [9.17, 15) is 4.79 Å². The molecule has 3 N–H and O–H groups in total. The van der Waals surface area contributed by atoms with Crippen molar-refractivity contribution in [2.24, 2.45) is 0 Å². The van der Waals surface area contributed by atoms with Gasteiger partial charge in [0.1, 0.15) is 0 Å². The molecule has 1 unspecified atom stereocenters. The highest BCUT2D eigenvalue weighted by molar-refractivity contribution is 7.99. The van der Waals surface area contributed by atoms with Crippen molar-refractivity contribution >= 4 is 23.5 Å². The molecule has 18 heavy (non-hydrogen) atoms. The van der Waals surface area contributed by atoms with Gasteiger partial charge >= 0.3 is 6.09 Å². The molecule has 0 saturated heterocycles. The van der Waals surface area contributed by atoms with Crippen molar-refractivity contribution < 1.29 is 9.90 Å². The molecule has 1 aromatic rings. The first-order valence-electron chi connectivity index (χ1n) is 6.00. The maximum atomic E-state index is 10.7. The number of benzene rings is 1. The van der Waals surface area contributed by atoms with Crippen molar-refractivity contribution in [3.63, 3.8) is 0 Å². The van der Waals surface area contributed by atoms with Crippen LogP contribution in [0.15, 0.2) is 24.3 Å². The number of amides is 1. The summed E-state index contributed by atoms with van der Waals surface area (Å²) in [7, 11) is 0. The van der Waals surface area contributed by atoms with Crippen LogP contribution < -0.4 is 10.6 Å². The highest BCUT2D eigenvalue weighted by Gasteiger charge is 2.11. The quantitative estimate of drug-likeness (QED) is 0.691. The van der Waals surface area contributed by atoms with E-state index >= 15 is 0 Å². The highest BCUT2D eigenvalue weighted by atomic mass is 32.2. The zero-order valence-electron chi connectivity index (χ0n) is 10.9. The fourth-order valence-corrected chi connectivity index (χ4v) is 2.27. The normalized spacial score (nSPS) is 12.2. The number of thioether (sulfide) groups is 1. The number of nitrogens with one attached hydrogen (secondary N) is 2. The molecule has 0 heterocycles. The van der Waals surface area contributed by atoms with E-state index in [1.807, 2.05) is 19.1 Å². The maximum absolute atomic E-state index is 10.7. The average molecular weight is 268 g/mol. The number of hydrogen-bond acceptors (Lipinski definition) is 3. The Morgan fingerprint density at radius 3 is 2.72 bits per heavy atom. The lowest BCUT2D eigenvalue weighted by Crippen LogP contribution is -2.37. The summed E-state index contributed by atoms with van der Waals surface area (Å²) in [4.78, 5) is 10.7.